The summed E-state index contributed by atoms with van der Waals surface area (Å²) in [6, 6.07) is 8.97. The van der Waals surface area contributed by atoms with Gasteiger partial charge in [0.1, 0.15) is 11.7 Å². The quantitative estimate of drug-likeness (QED) is 0.929. The minimum Gasteiger partial charge on any atom is -0.480 e. The van der Waals surface area contributed by atoms with Crippen molar-refractivity contribution >= 4 is 22.8 Å². The molecule has 0 spiro atoms. The number of aliphatic carboxylic acids is 1. The molecule has 3 rings (SSSR count). The number of hydrogen-bond donors (Lipinski definition) is 1. The monoisotopic (exact) mass is 272 g/mol. The Kier molecular flexibility index (Phi) is 2.97. The molecule has 1 aliphatic rings. The second-order valence-corrected chi connectivity index (χ2v) is 4.97. The molecule has 20 heavy (non-hydrogen) atoms. The first kappa shape index (κ1) is 12.7. The van der Waals surface area contributed by atoms with Gasteiger partial charge in [-0.15, -0.1) is 0 Å². The van der Waals surface area contributed by atoms with Gasteiger partial charge in [-0.2, -0.15) is 0 Å². The maximum Gasteiger partial charge on any atom is 0.326 e. The Labute approximate surface area is 116 Å². The van der Waals surface area contributed by atoms with Gasteiger partial charge in [0, 0.05) is 24.0 Å². The highest BCUT2D eigenvalue weighted by molar-refractivity contribution is 6.01. The van der Waals surface area contributed by atoms with E-state index >= 15 is 0 Å². The van der Waals surface area contributed by atoms with Crippen LogP contribution in [0.25, 0.3) is 10.9 Å². The van der Waals surface area contributed by atoms with Gasteiger partial charge in [0.2, 0.25) is 0 Å². The molecule has 2 heterocycles. The van der Waals surface area contributed by atoms with E-state index < -0.39 is 12.0 Å². The Morgan fingerprint density at radius 1 is 1.35 bits per heavy atom. The van der Waals surface area contributed by atoms with Crippen LogP contribution in [0, 0.1) is 0 Å². The maximum atomic E-state index is 12.5. The van der Waals surface area contributed by atoms with Crippen molar-refractivity contribution in [2.24, 2.45) is 0 Å². The molecular weight excluding hydrogens is 256 g/mol. The van der Waals surface area contributed by atoms with Gasteiger partial charge in [0.25, 0.3) is 5.91 Å². The van der Waals surface area contributed by atoms with Crippen LogP contribution in [0.2, 0.25) is 0 Å². The Bertz CT molecular complexity index is 689. The number of hydrogen-bond acceptors (Lipinski definition) is 2. The molecule has 1 saturated heterocycles. The van der Waals surface area contributed by atoms with Crippen LogP contribution >= 0.6 is 0 Å². The number of carboxylic acids is 1. The molecule has 0 bridgehead atoms. The molecule has 5 heteroatoms. The lowest BCUT2D eigenvalue weighted by molar-refractivity contribution is -0.146. The topological polar surface area (TPSA) is 62.5 Å². The van der Waals surface area contributed by atoms with Crippen molar-refractivity contribution in [3.8, 4) is 0 Å². The van der Waals surface area contributed by atoms with Gasteiger partial charge in [-0.05, 0) is 25.5 Å². The van der Waals surface area contributed by atoms with Gasteiger partial charge in [-0.3, -0.25) is 4.79 Å². The number of aryl methyl sites for hydroxylation is 1. The second-order valence-electron chi connectivity index (χ2n) is 4.97. The lowest BCUT2D eigenvalue weighted by atomic mass is 10.0. The van der Waals surface area contributed by atoms with Crippen molar-refractivity contribution in [2.45, 2.75) is 25.9 Å². The van der Waals surface area contributed by atoms with E-state index in [4.69, 9.17) is 5.11 Å². The van der Waals surface area contributed by atoms with Crippen molar-refractivity contribution in [1.82, 2.24) is 9.47 Å². The molecule has 1 aliphatic heterocycles. The molecule has 1 aromatic carbocycles. The van der Waals surface area contributed by atoms with Gasteiger partial charge in [-0.1, -0.05) is 18.2 Å². The standard InChI is InChI=1S/C15H16N2O3/c1-2-16-11-6-4-3-5-10(11)9-13(16)14(18)17-8-7-12(17)15(19)20/h3-6,9,12H,2,7-8H2,1H3,(H,19,20)/t12-/m0/s1. The van der Waals surface area contributed by atoms with Gasteiger partial charge >= 0.3 is 5.97 Å². The number of fused-ring (bicyclic) bond motifs is 1. The van der Waals surface area contributed by atoms with E-state index in [1.165, 1.54) is 4.90 Å². The number of rotatable bonds is 3. The molecule has 1 aromatic heterocycles. The first-order valence-electron chi connectivity index (χ1n) is 6.75. The van der Waals surface area contributed by atoms with E-state index in [-0.39, 0.29) is 5.91 Å². The van der Waals surface area contributed by atoms with Crippen LogP contribution in [-0.2, 0) is 11.3 Å². The van der Waals surface area contributed by atoms with Crippen LogP contribution in [0.4, 0.5) is 0 Å². The summed E-state index contributed by atoms with van der Waals surface area (Å²) in [5.41, 5.74) is 1.57. The van der Waals surface area contributed by atoms with Crippen molar-refractivity contribution in [2.75, 3.05) is 6.54 Å². The van der Waals surface area contributed by atoms with Gasteiger partial charge in [0.15, 0.2) is 0 Å². The van der Waals surface area contributed by atoms with Crippen molar-refractivity contribution < 1.29 is 14.7 Å². The molecule has 0 radical (unpaired) electrons. The lowest BCUT2D eigenvalue weighted by Crippen LogP contribution is -2.55. The average Bonchev–Trinajstić information content (AvgIpc) is 2.75. The Morgan fingerprint density at radius 2 is 2.10 bits per heavy atom. The van der Waals surface area contributed by atoms with E-state index in [1.54, 1.807) is 0 Å². The zero-order valence-electron chi connectivity index (χ0n) is 11.2. The number of para-hydroxylation sites is 1. The number of carboxylic acid groups (broad SMARTS) is 1. The van der Waals surface area contributed by atoms with Crippen molar-refractivity contribution in [3.05, 3.63) is 36.0 Å². The Balaban J connectivity index is 2.01. The van der Waals surface area contributed by atoms with E-state index in [0.29, 0.717) is 25.2 Å². The number of benzene rings is 1. The number of aromatic nitrogens is 1. The largest absolute Gasteiger partial charge is 0.480 e. The molecule has 104 valence electrons. The van der Waals surface area contributed by atoms with Crippen molar-refractivity contribution in [1.29, 1.82) is 0 Å². The summed E-state index contributed by atoms with van der Waals surface area (Å²) < 4.78 is 1.94. The molecule has 1 N–H and O–H groups in total. The van der Waals surface area contributed by atoms with Crippen LogP contribution in [0.1, 0.15) is 23.8 Å². The van der Waals surface area contributed by atoms with Gasteiger partial charge in [-0.25, -0.2) is 4.79 Å². The predicted molar refractivity (Wildman–Crippen MR) is 74.7 cm³/mol. The first-order valence-corrected chi connectivity index (χ1v) is 6.75. The van der Waals surface area contributed by atoms with Crippen LogP contribution in [0.15, 0.2) is 30.3 Å². The van der Waals surface area contributed by atoms with Crippen LogP contribution in [0.3, 0.4) is 0 Å². The molecule has 1 fully saturated rings. The molecule has 1 atom stereocenters. The third-order valence-corrected chi connectivity index (χ3v) is 3.91. The zero-order chi connectivity index (χ0) is 14.3. The summed E-state index contributed by atoms with van der Waals surface area (Å²) in [5.74, 6) is -1.12. The fraction of sp³-hybridized carbons (Fsp3) is 0.333. The molecular formula is C15H16N2O3. The summed E-state index contributed by atoms with van der Waals surface area (Å²) in [4.78, 5) is 25.0. The summed E-state index contributed by atoms with van der Waals surface area (Å²) in [7, 11) is 0. The zero-order valence-corrected chi connectivity index (χ0v) is 11.2. The lowest BCUT2D eigenvalue weighted by Gasteiger charge is -2.38. The smallest absolute Gasteiger partial charge is 0.326 e. The van der Waals surface area contributed by atoms with E-state index in [1.807, 2.05) is 41.8 Å². The van der Waals surface area contributed by atoms with Gasteiger partial charge < -0.3 is 14.6 Å². The van der Waals surface area contributed by atoms with E-state index in [0.717, 1.165) is 10.9 Å². The first-order chi connectivity index (χ1) is 9.63. The number of carbonyl (C=O) groups excluding carboxylic acids is 1. The number of likely N-dealkylation sites (tertiary alicyclic amines) is 1. The number of carbonyl (C=O) groups is 2. The number of amides is 1. The highest BCUT2D eigenvalue weighted by Crippen LogP contribution is 2.25. The van der Waals surface area contributed by atoms with E-state index in [2.05, 4.69) is 0 Å². The predicted octanol–water partition coefficient (Wildman–Crippen LogP) is 1.96. The van der Waals surface area contributed by atoms with E-state index in [9.17, 15) is 9.59 Å². The second kappa shape index (κ2) is 4.67. The Morgan fingerprint density at radius 3 is 2.70 bits per heavy atom. The fourth-order valence-corrected chi connectivity index (χ4v) is 2.76. The SMILES string of the molecule is CCn1c(C(=O)N2CC[C@H]2C(=O)O)cc2ccccc21. The fourth-order valence-electron chi connectivity index (χ4n) is 2.76. The maximum absolute atomic E-state index is 12.5. The minimum atomic E-state index is -0.927. The van der Waals surface area contributed by atoms with Crippen LogP contribution in [0.5, 0.6) is 0 Å². The molecule has 0 aliphatic carbocycles. The Hall–Kier alpha value is -2.30. The summed E-state index contributed by atoms with van der Waals surface area (Å²) >= 11 is 0. The third-order valence-electron chi connectivity index (χ3n) is 3.91. The van der Waals surface area contributed by atoms with Crippen LogP contribution in [-0.4, -0.2) is 39.0 Å². The molecule has 0 unspecified atom stereocenters. The highest BCUT2D eigenvalue weighted by Gasteiger charge is 2.38. The van der Waals surface area contributed by atoms with Crippen LogP contribution < -0.4 is 0 Å². The number of nitrogens with zero attached hydrogens (tertiary/aromatic N) is 2. The summed E-state index contributed by atoms with van der Waals surface area (Å²) in [6.07, 6.45) is 0.535. The molecule has 1 amide bonds. The molecule has 2 aromatic rings. The minimum absolute atomic E-state index is 0.193. The molecule has 5 nitrogen and oxygen atoms in total. The molecule has 0 saturated carbocycles. The summed E-state index contributed by atoms with van der Waals surface area (Å²) in [6.45, 7) is 3.18. The summed E-state index contributed by atoms with van der Waals surface area (Å²) in [5, 5.41) is 10.1. The average molecular weight is 272 g/mol. The van der Waals surface area contributed by atoms with Gasteiger partial charge in [0.05, 0.1) is 0 Å². The normalized spacial score (nSPS) is 18.1. The van der Waals surface area contributed by atoms with Crippen molar-refractivity contribution in [3.63, 3.8) is 0 Å². The highest BCUT2D eigenvalue weighted by atomic mass is 16.4. The third kappa shape index (κ3) is 1.78.